The molecule has 5 nitrogen and oxygen atoms in total. The van der Waals surface area contributed by atoms with Gasteiger partial charge in [-0.1, -0.05) is 36.0 Å². The van der Waals surface area contributed by atoms with Crippen molar-refractivity contribution in [2.45, 2.75) is 12.8 Å². The van der Waals surface area contributed by atoms with Crippen molar-refractivity contribution < 1.29 is 4.79 Å². The van der Waals surface area contributed by atoms with Crippen LogP contribution in [0.15, 0.2) is 29.3 Å². The minimum Gasteiger partial charge on any atom is -0.363 e. The summed E-state index contributed by atoms with van der Waals surface area (Å²) in [5.74, 6) is 0.318. The lowest BCUT2D eigenvalue weighted by Crippen LogP contribution is -2.20. The molecule has 2 heterocycles. The van der Waals surface area contributed by atoms with Gasteiger partial charge in [-0.25, -0.2) is 4.98 Å². The van der Waals surface area contributed by atoms with E-state index >= 15 is 0 Å². The SMILES string of the molecule is O=C(CSC1=NCCN1)Nc1nc2c(s1)CCc1ccccc1-2. The van der Waals surface area contributed by atoms with Crippen LogP contribution in [0.5, 0.6) is 0 Å². The van der Waals surface area contributed by atoms with E-state index in [1.165, 1.54) is 27.8 Å². The zero-order valence-electron chi connectivity index (χ0n) is 12.5. The van der Waals surface area contributed by atoms with Gasteiger partial charge < -0.3 is 10.6 Å². The molecule has 2 N–H and O–H groups in total. The number of aromatic nitrogens is 1. The van der Waals surface area contributed by atoms with Crippen molar-refractivity contribution in [2.24, 2.45) is 4.99 Å². The highest BCUT2D eigenvalue weighted by molar-refractivity contribution is 8.14. The predicted octanol–water partition coefficient (Wildman–Crippen LogP) is 2.54. The first-order valence-electron chi connectivity index (χ1n) is 7.58. The molecule has 0 radical (unpaired) electrons. The van der Waals surface area contributed by atoms with Crippen LogP contribution in [0.1, 0.15) is 10.4 Å². The monoisotopic (exact) mass is 344 g/mol. The number of aliphatic imine (C=N–C) groups is 1. The number of fused-ring (bicyclic) bond motifs is 3. The molecule has 0 atom stereocenters. The zero-order chi connectivity index (χ0) is 15.6. The fourth-order valence-corrected chi connectivity index (χ4v) is 4.48. The Morgan fingerprint density at radius 3 is 3.13 bits per heavy atom. The third kappa shape index (κ3) is 3.11. The second-order valence-corrected chi connectivity index (χ2v) is 7.45. The molecule has 0 spiro atoms. The first-order valence-corrected chi connectivity index (χ1v) is 9.39. The Morgan fingerprint density at radius 2 is 2.26 bits per heavy atom. The number of carbonyl (C=O) groups is 1. The van der Waals surface area contributed by atoms with Gasteiger partial charge in [-0.05, 0) is 18.4 Å². The van der Waals surface area contributed by atoms with Crippen LogP contribution in [0.4, 0.5) is 5.13 Å². The van der Waals surface area contributed by atoms with Gasteiger partial charge in [-0.2, -0.15) is 0 Å². The lowest BCUT2D eigenvalue weighted by atomic mass is 9.94. The summed E-state index contributed by atoms with van der Waals surface area (Å²) in [6, 6.07) is 8.37. The van der Waals surface area contributed by atoms with Crippen molar-refractivity contribution in [3.8, 4) is 11.3 Å². The molecule has 118 valence electrons. The summed E-state index contributed by atoms with van der Waals surface area (Å²) >= 11 is 3.03. The second-order valence-electron chi connectivity index (χ2n) is 5.40. The lowest BCUT2D eigenvalue weighted by Gasteiger charge is -2.13. The van der Waals surface area contributed by atoms with Gasteiger partial charge in [-0.3, -0.25) is 9.79 Å². The summed E-state index contributed by atoms with van der Waals surface area (Å²) in [6.07, 6.45) is 2.04. The number of amidine groups is 1. The van der Waals surface area contributed by atoms with E-state index in [1.54, 1.807) is 11.3 Å². The first kappa shape index (κ1) is 14.7. The van der Waals surface area contributed by atoms with Crippen molar-refractivity contribution in [1.82, 2.24) is 10.3 Å². The van der Waals surface area contributed by atoms with E-state index in [1.807, 2.05) is 6.07 Å². The third-order valence-electron chi connectivity index (χ3n) is 3.82. The molecule has 1 aromatic carbocycles. The lowest BCUT2D eigenvalue weighted by molar-refractivity contribution is -0.113. The molecule has 1 aliphatic heterocycles. The number of amides is 1. The summed E-state index contributed by atoms with van der Waals surface area (Å²) in [5.41, 5.74) is 3.56. The average molecular weight is 344 g/mol. The minimum absolute atomic E-state index is 0.0363. The standard InChI is InChI=1S/C16H16N4OS2/c21-13(9-22-15-17-7-8-18-15)19-16-20-14-11-4-2-1-3-10(11)5-6-12(14)23-16/h1-4H,5-9H2,(H,17,18)(H,19,20,21). The number of aryl methyl sites for hydroxylation is 2. The van der Waals surface area contributed by atoms with Crippen LogP contribution in [-0.2, 0) is 17.6 Å². The number of nitrogens with one attached hydrogen (secondary N) is 2. The van der Waals surface area contributed by atoms with Crippen LogP contribution in [0.2, 0.25) is 0 Å². The Balaban J connectivity index is 1.45. The topological polar surface area (TPSA) is 66.4 Å². The third-order valence-corrected chi connectivity index (χ3v) is 5.80. The van der Waals surface area contributed by atoms with E-state index in [0.29, 0.717) is 10.9 Å². The molecule has 4 rings (SSSR count). The predicted molar refractivity (Wildman–Crippen MR) is 96.4 cm³/mol. The molecular weight excluding hydrogens is 328 g/mol. The number of rotatable bonds is 3. The summed E-state index contributed by atoms with van der Waals surface area (Å²) in [7, 11) is 0. The molecule has 23 heavy (non-hydrogen) atoms. The Bertz CT molecular complexity index is 784. The average Bonchev–Trinajstić information content (AvgIpc) is 3.22. The van der Waals surface area contributed by atoms with Gasteiger partial charge in [0.05, 0.1) is 18.0 Å². The van der Waals surface area contributed by atoms with Crippen molar-refractivity contribution >= 4 is 39.3 Å². The van der Waals surface area contributed by atoms with E-state index in [-0.39, 0.29) is 5.91 Å². The van der Waals surface area contributed by atoms with Gasteiger partial charge in [0.2, 0.25) is 5.91 Å². The van der Waals surface area contributed by atoms with Crippen LogP contribution in [0.3, 0.4) is 0 Å². The highest BCUT2D eigenvalue weighted by Gasteiger charge is 2.21. The Kier molecular flexibility index (Phi) is 4.05. The first-order chi connectivity index (χ1) is 11.3. The molecule has 2 aliphatic rings. The number of benzene rings is 1. The molecule has 1 aliphatic carbocycles. The van der Waals surface area contributed by atoms with E-state index in [9.17, 15) is 4.79 Å². The van der Waals surface area contributed by atoms with Gasteiger partial charge in [0.25, 0.3) is 0 Å². The number of thioether (sulfide) groups is 1. The highest BCUT2D eigenvalue weighted by atomic mass is 32.2. The number of carbonyl (C=O) groups excluding carboxylic acids is 1. The summed E-state index contributed by atoms with van der Waals surface area (Å²) in [4.78, 5) is 22.2. The van der Waals surface area contributed by atoms with Crippen molar-refractivity contribution in [3.05, 3.63) is 34.7 Å². The molecule has 1 aromatic heterocycles. The summed E-state index contributed by atoms with van der Waals surface area (Å²) < 4.78 is 0. The maximum atomic E-state index is 12.1. The molecule has 0 saturated carbocycles. The second kappa shape index (κ2) is 6.33. The van der Waals surface area contributed by atoms with Gasteiger partial charge >= 0.3 is 0 Å². The van der Waals surface area contributed by atoms with E-state index in [4.69, 9.17) is 0 Å². The quantitative estimate of drug-likeness (QED) is 0.898. The maximum absolute atomic E-state index is 12.1. The molecule has 0 fully saturated rings. The fourth-order valence-electron chi connectivity index (χ4n) is 2.76. The van der Waals surface area contributed by atoms with E-state index < -0.39 is 0 Å². The van der Waals surface area contributed by atoms with Crippen molar-refractivity contribution in [3.63, 3.8) is 0 Å². The fraction of sp³-hybridized carbons (Fsp3) is 0.312. The Hall–Kier alpha value is -1.86. The Labute approximate surface area is 142 Å². The zero-order valence-corrected chi connectivity index (χ0v) is 14.1. The minimum atomic E-state index is -0.0363. The van der Waals surface area contributed by atoms with Gasteiger partial charge in [0.1, 0.15) is 0 Å². The largest absolute Gasteiger partial charge is 0.363 e. The van der Waals surface area contributed by atoms with Crippen LogP contribution in [0.25, 0.3) is 11.3 Å². The smallest absolute Gasteiger partial charge is 0.236 e. The molecule has 1 amide bonds. The molecule has 2 aromatic rings. The van der Waals surface area contributed by atoms with Gasteiger partial charge in [0, 0.05) is 17.0 Å². The normalized spacial score (nSPS) is 15.4. The number of hydrogen-bond donors (Lipinski definition) is 2. The van der Waals surface area contributed by atoms with Gasteiger partial charge in [0.15, 0.2) is 10.3 Å². The number of anilines is 1. The number of thiazole rings is 1. The molecular formula is C16H16N4OS2. The Morgan fingerprint density at radius 1 is 1.35 bits per heavy atom. The number of nitrogens with zero attached hydrogens (tertiary/aromatic N) is 2. The van der Waals surface area contributed by atoms with Gasteiger partial charge in [-0.15, -0.1) is 11.3 Å². The summed E-state index contributed by atoms with van der Waals surface area (Å²) in [5, 5.41) is 7.61. The van der Waals surface area contributed by atoms with Crippen LogP contribution >= 0.6 is 23.1 Å². The van der Waals surface area contributed by atoms with Crippen molar-refractivity contribution in [2.75, 3.05) is 24.2 Å². The molecule has 0 bridgehead atoms. The van der Waals surface area contributed by atoms with Crippen molar-refractivity contribution in [1.29, 1.82) is 0 Å². The molecule has 0 saturated heterocycles. The summed E-state index contributed by atoms with van der Waals surface area (Å²) in [6.45, 7) is 1.66. The molecule has 7 heteroatoms. The van der Waals surface area contributed by atoms with Crippen LogP contribution in [0, 0.1) is 0 Å². The van der Waals surface area contributed by atoms with Crippen LogP contribution < -0.4 is 10.6 Å². The highest BCUT2D eigenvalue weighted by Crippen LogP contribution is 2.37. The van der Waals surface area contributed by atoms with E-state index in [0.717, 1.165) is 36.8 Å². The number of hydrogen-bond acceptors (Lipinski definition) is 6. The van der Waals surface area contributed by atoms with E-state index in [2.05, 4.69) is 38.8 Å². The van der Waals surface area contributed by atoms with Crippen LogP contribution in [-0.4, -0.2) is 34.9 Å². The molecule has 0 unspecified atom stereocenters. The maximum Gasteiger partial charge on any atom is 0.236 e.